The molecule has 0 fully saturated rings. The van der Waals surface area contributed by atoms with E-state index in [0.717, 1.165) is 4.90 Å². The largest absolute Gasteiger partial charge is 0.469 e. The standard InChI is InChI=1S/C20H27N3O5/c1-12(2)18(22)19(25)23(20(26)28-13(3)4)16(10-17(24)27-5)15-8-6-14(11-21)7-9-15/h6-9,12-13,16,18H,10,22H2,1-5H3/t16-,18-/m0/s1. The summed E-state index contributed by atoms with van der Waals surface area (Å²) >= 11 is 0. The van der Waals surface area contributed by atoms with E-state index in [0.29, 0.717) is 11.1 Å². The molecule has 0 unspecified atom stereocenters. The first kappa shape index (κ1) is 23.1. The molecule has 0 saturated carbocycles. The Labute approximate surface area is 165 Å². The lowest BCUT2D eigenvalue weighted by molar-refractivity contribution is -0.143. The minimum absolute atomic E-state index is 0.235. The Morgan fingerprint density at radius 3 is 2.14 bits per heavy atom. The summed E-state index contributed by atoms with van der Waals surface area (Å²) < 4.78 is 9.97. The summed E-state index contributed by atoms with van der Waals surface area (Å²) in [6.07, 6.45) is -1.64. The number of imide groups is 1. The molecule has 2 N–H and O–H groups in total. The van der Waals surface area contributed by atoms with Gasteiger partial charge in [0.25, 0.3) is 0 Å². The number of nitrogens with zero attached hydrogens (tertiary/aromatic N) is 2. The van der Waals surface area contributed by atoms with Gasteiger partial charge in [0.15, 0.2) is 0 Å². The van der Waals surface area contributed by atoms with Crippen LogP contribution < -0.4 is 5.73 Å². The molecule has 0 spiro atoms. The average molecular weight is 389 g/mol. The molecule has 152 valence electrons. The van der Waals surface area contributed by atoms with Crippen molar-refractivity contribution < 1.29 is 23.9 Å². The average Bonchev–Trinajstić information content (AvgIpc) is 2.65. The van der Waals surface area contributed by atoms with Crippen LogP contribution in [-0.2, 0) is 19.1 Å². The van der Waals surface area contributed by atoms with Crippen molar-refractivity contribution in [2.45, 2.75) is 52.3 Å². The summed E-state index contributed by atoms with van der Waals surface area (Å²) in [6, 6.07) is 6.29. The van der Waals surface area contributed by atoms with Crippen molar-refractivity contribution in [3.05, 3.63) is 35.4 Å². The zero-order valence-corrected chi connectivity index (χ0v) is 16.8. The topological polar surface area (TPSA) is 123 Å². The van der Waals surface area contributed by atoms with Gasteiger partial charge in [-0.25, -0.2) is 9.69 Å². The lowest BCUT2D eigenvalue weighted by Crippen LogP contribution is -2.51. The van der Waals surface area contributed by atoms with Gasteiger partial charge in [-0.1, -0.05) is 26.0 Å². The van der Waals surface area contributed by atoms with E-state index >= 15 is 0 Å². The Hall–Kier alpha value is -2.92. The molecule has 0 aromatic heterocycles. The van der Waals surface area contributed by atoms with Gasteiger partial charge in [-0.05, 0) is 37.5 Å². The number of methoxy groups -OCH3 is 1. The third-order valence-electron chi connectivity index (χ3n) is 4.10. The monoisotopic (exact) mass is 389 g/mol. The highest BCUT2D eigenvalue weighted by Crippen LogP contribution is 2.28. The number of nitriles is 1. The fourth-order valence-electron chi connectivity index (χ4n) is 2.45. The van der Waals surface area contributed by atoms with E-state index in [1.54, 1.807) is 52.0 Å². The van der Waals surface area contributed by atoms with Crippen molar-refractivity contribution in [3.63, 3.8) is 0 Å². The van der Waals surface area contributed by atoms with Gasteiger partial charge in [-0.15, -0.1) is 0 Å². The van der Waals surface area contributed by atoms with E-state index in [4.69, 9.17) is 20.5 Å². The van der Waals surface area contributed by atoms with Gasteiger partial charge in [0.1, 0.15) is 0 Å². The first-order valence-corrected chi connectivity index (χ1v) is 8.98. The molecule has 28 heavy (non-hydrogen) atoms. The molecular formula is C20H27N3O5. The second-order valence-electron chi connectivity index (χ2n) is 6.94. The molecule has 0 saturated heterocycles. The van der Waals surface area contributed by atoms with Gasteiger partial charge >= 0.3 is 12.1 Å². The molecule has 0 heterocycles. The van der Waals surface area contributed by atoms with Crippen molar-refractivity contribution >= 4 is 18.0 Å². The summed E-state index contributed by atoms with van der Waals surface area (Å²) in [7, 11) is 1.22. The highest BCUT2D eigenvalue weighted by atomic mass is 16.6. The Morgan fingerprint density at radius 1 is 1.14 bits per heavy atom. The zero-order valence-electron chi connectivity index (χ0n) is 16.8. The smallest absolute Gasteiger partial charge is 0.417 e. The lowest BCUT2D eigenvalue weighted by atomic mass is 9.98. The Balaban J connectivity index is 3.45. The Kier molecular flexibility index (Phi) is 8.61. The lowest BCUT2D eigenvalue weighted by Gasteiger charge is -2.32. The number of carbonyl (C=O) groups is 3. The van der Waals surface area contributed by atoms with Gasteiger partial charge in [-0.2, -0.15) is 5.26 Å². The van der Waals surface area contributed by atoms with Gasteiger partial charge < -0.3 is 15.2 Å². The van der Waals surface area contributed by atoms with Gasteiger partial charge in [-0.3, -0.25) is 9.59 Å². The van der Waals surface area contributed by atoms with Crippen LogP contribution in [0.25, 0.3) is 0 Å². The van der Waals surface area contributed by atoms with Gasteiger partial charge in [0.05, 0.1) is 43.4 Å². The van der Waals surface area contributed by atoms with Crippen LogP contribution in [0.3, 0.4) is 0 Å². The van der Waals surface area contributed by atoms with E-state index in [9.17, 15) is 14.4 Å². The summed E-state index contributed by atoms with van der Waals surface area (Å²) in [5, 5.41) is 8.99. The molecule has 0 aliphatic carbocycles. The Morgan fingerprint density at radius 2 is 1.71 bits per heavy atom. The zero-order chi connectivity index (χ0) is 21.4. The molecule has 1 aromatic rings. The molecule has 0 bridgehead atoms. The van der Waals surface area contributed by atoms with Crippen molar-refractivity contribution in [2.24, 2.45) is 11.7 Å². The van der Waals surface area contributed by atoms with E-state index in [2.05, 4.69) is 0 Å². The van der Waals surface area contributed by atoms with Crippen LogP contribution >= 0.6 is 0 Å². The molecule has 0 radical (unpaired) electrons. The number of nitrogens with two attached hydrogens (primary N) is 1. The quantitative estimate of drug-likeness (QED) is 0.711. The number of ether oxygens (including phenoxy) is 2. The van der Waals surface area contributed by atoms with Gasteiger partial charge in [0, 0.05) is 0 Å². The maximum Gasteiger partial charge on any atom is 0.417 e. The summed E-state index contributed by atoms with van der Waals surface area (Å²) in [6.45, 7) is 6.82. The van der Waals surface area contributed by atoms with E-state index in [-0.39, 0.29) is 12.3 Å². The minimum atomic E-state index is -0.983. The predicted octanol–water partition coefficient (Wildman–Crippen LogP) is 2.52. The predicted molar refractivity (Wildman–Crippen MR) is 102 cm³/mol. The molecule has 8 nitrogen and oxygen atoms in total. The summed E-state index contributed by atoms with van der Waals surface area (Å²) in [5.41, 5.74) is 6.88. The third kappa shape index (κ3) is 6.06. The maximum atomic E-state index is 13.0. The third-order valence-corrected chi connectivity index (χ3v) is 4.10. The summed E-state index contributed by atoms with van der Waals surface area (Å²) in [4.78, 5) is 38.6. The number of carbonyl (C=O) groups excluding carboxylic acids is 3. The fraction of sp³-hybridized carbons (Fsp3) is 0.500. The highest BCUT2D eigenvalue weighted by molar-refractivity contribution is 5.96. The van der Waals surface area contributed by atoms with Crippen molar-refractivity contribution in [1.29, 1.82) is 5.26 Å². The molecule has 1 rings (SSSR count). The first-order chi connectivity index (χ1) is 13.1. The first-order valence-electron chi connectivity index (χ1n) is 8.98. The second-order valence-corrected chi connectivity index (χ2v) is 6.94. The Bertz CT molecular complexity index is 737. The molecule has 0 aliphatic heterocycles. The minimum Gasteiger partial charge on any atom is -0.469 e. The van der Waals surface area contributed by atoms with Crippen LogP contribution in [0.15, 0.2) is 24.3 Å². The van der Waals surface area contributed by atoms with Crippen molar-refractivity contribution in [1.82, 2.24) is 4.90 Å². The highest BCUT2D eigenvalue weighted by Gasteiger charge is 2.37. The number of amides is 2. The molecule has 2 amide bonds. The second kappa shape index (κ2) is 10.4. The number of benzene rings is 1. The number of esters is 1. The molecule has 8 heteroatoms. The van der Waals surface area contributed by atoms with E-state index < -0.39 is 36.2 Å². The van der Waals surface area contributed by atoms with Crippen LogP contribution in [0.2, 0.25) is 0 Å². The van der Waals surface area contributed by atoms with Crippen LogP contribution in [-0.4, -0.2) is 42.1 Å². The van der Waals surface area contributed by atoms with Crippen LogP contribution in [0.5, 0.6) is 0 Å². The molecular weight excluding hydrogens is 362 g/mol. The number of hydrogen-bond acceptors (Lipinski definition) is 7. The van der Waals surface area contributed by atoms with Crippen LogP contribution in [0.1, 0.15) is 51.3 Å². The fourth-order valence-corrected chi connectivity index (χ4v) is 2.45. The molecule has 1 aromatic carbocycles. The number of rotatable bonds is 7. The van der Waals surface area contributed by atoms with Crippen LogP contribution in [0.4, 0.5) is 4.79 Å². The number of hydrogen-bond donors (Lipinski definition) is 1. The SMILES string of the molecule is COC(=O)C[C@@H](c1ccc(C#N)cc1)N(C(=O)OC(C)C)C(=O)[C@@H](N)C(C)C. The molecule has 0 aliphatic rings. The van der Waals surface area contributed by atoms with Crippen molar-refractivity contribution in [3.8, 4) is 6.07 Å². The van der Waals surface area contributed by atoms with Crippen LogP contribution in [0, 0.1) is 17.2 Å². The van der Waals surface area contributed by atoms with E-state index in [1.165, 1.54) is 7.11 Å². The normalized spacial score (nSPS) is 12.8. The van der Waals surface area contributed by atoms with E-state index in [1.807, 2.05) is 6.07 Å². The van der Waals surface area contributed by atoms with Gasteiger partial charge in [0.2, 0.25) is 5.91 Å². The summed E-state index contributed by atoms with van der Waals surface area (Å²) in [5.74, 6) is -1.50. The maximum absolute atomic E-state index is 13.0. The van der Waals surface area contributed by atoms with Crippen molar-refractivity contribution in [2.75, 3.05) is 7.11 Å². The molecule has 2 atom stereocenters.